The third kappa shape index (κ3) is 5.16. The third-order valence-electron chi connectivity index (χ3n) is 3.04. The Morgan fingerprint density at radius 2 is 2.30 bits per heavy atom. The van der Waals surface area contributed by atoms with Crippen LogP contribution < -0.4 is 5.32 Å². The van der Waals surface area contributed by atoms with Crippen LogP contribution in [0.25, 0.3) is 11.5 Å². The fourth-order valence-corrected chi connectivity index (χ4v) is 2.35. The van der Waals surface area contributed by atoms with Gasteiger partial charge in [-0.2, -0.15) is 0 Å². The normalized spacial score (nSPS) is 11.0. The Hall–Kier alpha value is -1.70. The van der Waals surface area contributed by atoms with Crippen LogP contribution in [0.15, 0.2) is 28.7 Å². The molecule has 6 nitrogen and oxygen atoms in total. The lowest BCUT2D eigenvalue weighted by atomic mass is 10.2. The predicted octanol–water partition coefficient (Wildman–Crippen LogP) is 2.94. The van der Waals surface area contributed by atoms with E-state index in [0.717, 1.165) is 12.0 Å². The highest BCUT2D eigenvalue weighted by Gasteiger charge is 2.12. The van der Waals surface area contributed by atoms with Crippen molar-refractivity contribution in [3.8, 4) is 11.5 Å². The lowest BCUT2D eigenvalue weighted by molar-refractivity contribution is -0.122. The van der Waals surface area contributed by atoms with Crippen molar-refractivity contribution in [2.45, 2.75) is 20.0 Å². The first-order chi connectivity index (χ1) is 11.0. The molecule has 1 aromatic carbocycles. The molecule has 1 N–H and O–H groups in total. The maximum absolute atomic E-state index is 11.7. The minimum absolute atomic E-state index is 0.0283. The number of likely N-dealkylation sites (N-methyl/N-ethyl adjacent to an activating group) is 1. The summed E-state index contributed by atoms with van der Waals surface area (Å²) >= 11 is 11.2. The van der Waals surface area contributed by atoms with E-state index >= 15 is 0 Å². The van der Waals surface area contributed by atoms with Crippen molar-refractivity contribution >= 4 is 29.7 Å². The molecule has 0 saturated carbocycles. The second-order valence-electron chi connectivity index (χ2n) is 5.19. The lowest BCUT2D eigenvalue weighted by Crippen LogP contribution is -2.36. The second kappa shape index (κ2) is 8.24. The molecule has 23 heavy (non-hydrogen) atoms. The minimum atomic E-state index is -0.0283. The second-order valence-corrected chi connectivity index (χ2v) is 5.97. The van der Waals surface area contributed by atoms with Crippen LogP contribution in [0, 0.1) is 4.84 Å². The van der Waals surface area contributed by atoms with Gasteiger partial charge >= 0.3 is 0 Å². The molecule has 0 unspecified atom stereocenters. The van der Waals surface area contributed by atoms with Crippen LogP contribution in [0.2, 0.25) is 5.02 Å². The summed E-state index contributed by atoms with van der Waals surface area (Å²) in [5, 5.41) is 7.77. The summed E-state index contributed by atoms with van der Waals surface area (Å²) < 4.78 is 7.05. The summed E-state index contributed by atoms with van der Waals surface area (Å²) in [6.45, 7) is 3.31. The van der Waals surface area contributed by atoms with Crippen LogP contribution in [0.1, 0.15) is 13.3 Å². The molecule has 0 radical (unpaired) electrons. The average Bonchev–Trinajstić information content (AvgIpc) is 2.86. The molecule has 2 aromatic rings. The molecule has 0 spiro atoms. The van der Waals surface area contributed by atoms with Crippen molar-refractivity contribution in [2.75, 3.05) is 20.1 Å². The van der Waals surface area contributed by atoms with Crippen LogP contribution in [-0.2, 0) is 11.5 Å². The van der Waals surface area contributed by atoms with Crippen molar-refractivity contribution in [3.63, 3.8) is 0 Å². The molecule has 2 rings (SSSR count). The van der Waals surface area contributed by atoms with Crippen LogP contribution in [0.4, 0.5) is 0 Å². The molecule has 0 aliphatic carbocycles. The number of carbonyl (C=O) groups excluding carboxylic acids is 1. The Morgan fingerprint density at radius 1 is 1.52 bits per heavy atom. The summed E-state index contributed by atoms with van der Waals surface area (Å²) in [4.78, 5) is 13.8. The molecule has 8 heteroatoms. The van der Waals surface area contributed by atoms with Gasteiger partial charge in [0.25, 0.3) is 4.84 Å². The zero-order valence-corrected chi connectivity index (χ0v) is 14.7. The van der Waals surface area contributed by atoms with Gasteiger partial charge in [-0.15, -0.1) is 5.10 Å². The van der Waals surface area contributed by atoms with Crippen LogP contribution in [-0.4, -0.2) is 40.7 Å². The van der Waals surface area contributed by atoms with E-state index in [2.05, 4.69) is 10.4 Å². The standard InChI is InChI=1S/C15H19ClN4O2S/c1-3-7-17-13(21)9-19(2)10-20-15(23)22-14(18-20)11-5-4-6-12(16)8-11/h4-6,8H,3,7,9-10H2,1-2H3,(H,17,21). The lowest BCUT2D eigenvalue weighted by Gasteiger charge is -2.15. The fraction of sp³-hybridized carbons (Fsp3) is 0.400. The first-order valence-electron chi connectivity index (χ1n) is 7.28. The van der Waals surface area contributed by atoms with Gasteiger partial charge in [-0.3, -0.25) is 9.69 Å². The fourth-order valence-electron chi connectivity index (χ4n) is 1.98. The zero-order valence-electron chi connectivity index (χ0n) is 13.1. The van der Waals surface area contributed by atoms with Gasteiger partial charge in [0.15, 0.2) is 0 Å². The first-order valence-corrected chi connectivity index (χ1v) is 8.07. The Kier molecular flexibility index (Phi) is 6.32. The molecular weight excluding hydrogens is 336 g/mol. The molecule has 1 heterocycles. The number of aromatic nitrogens is 2. The molecule has 0 aliphatic heterocycles. The van der Waals surface area contributed by atoms with E-state index in [9.17, 15) is 4.79 Å². The van der Waals surface area contributed by atoms with E-state index in [0.29, 0.717) is 24.1 Å². The van der Waals surface area contributed by atoms with E-state index in [-0.39, 0.29) is 17.3 Å². The van der Waals surface area contributed by atoms with E-state index < -0.39 is 0 Å². The number of hydrogen-bond donors (Lipinski definition) is 1. The average molecular weight is 355 g/mol. The van der Waals surface area contributed by atoms with Crippen LogP contribution in [0.3, 0.4) is 0 Å². The first kappa shape index (κ1) is 17.7. The highest BCUT2D eigenvalue weighted by atomic mass is 35.5. The van der Waals surface area contributed by atoms with Crippen molar-refractivity contribution in [1.29, 1.82) is 0 Å². The number of hydrogen-bond acceptors (Lipinski definition) is 5. The van der Waals surface area contributed by atoms with Crippen molar-refractivity contribution in [3.05, 3.63) is 34.1 Å². The SMILES string of the molecule is CCCNC(=O)CN(C)Cn1nc(-c2cccc(Cl)c2)oc1=S. The Balaban J connectivity index is 2.04. The largest absolute Gasteiger partial charge is 0.409 e. The van der Waals surface area contributed by atoms with E-state index in [4.69, 9.17) is 28.2 Å². The number of halogens is 1. The highest BCUT2D eigenvalue weighted by molar-refractivity contribution is 7.71. The smallest absolute Gasteiger partial charge is 0.288 e. The van der Waals surface area contributed by atoms with Gasteiger partial charge in [0.1, 0.15) is 0 Å². The Labute approximate surface area is 145 Å². The number of benzene rings is 1. The Morgan fingerprint density at radius 3 is 3.00 bits per heavy atom. The summed E-state index contributed by atoms with van der Waals surface area (Å²) in [5.41, 5.74) is 0.755. The van der Waals surface area contributed by atoms with Gasteiger partial charge in [-0.05, 0) is 43.9 Å². The number of nitrogens with one attached hydrogen (secondary N) is 1. The van der Waals surface area contributed by atoms with Crippen molar-refractivity contribution < 1.29 is 9.21 Å². The summed E-state index contributed by atoms with van der Waals surface area (Å²) in [5.74, 6) is 0.376. The van der Waals surface area contributed by atoms with E-state index in [1.807, 2.05) is 31.0 Å². The van der Waals surface area contributed by atoms with Gasteiger partial charge in [-0.1, -0.05) is 24.6 Å². The molecule has 0 bridgehead atoms. The molecule has 124 valence electrons. The van der Waals surface area contributed by atoms with Gasteiger partial charge in [0.2, 0.25) is 11.8 Å². The topological polar surface area (TPSA) is 63.3 Å². The number of carbonyl (C=O) groups is 1. The summed E-state index contributed by atoms with van der Waals surface area (Å²) in [6.07, 6.45) is 0.910. The van der Waals surface area contributed by atoms with E-state index in [1.165, 1.54) is 0 Å². The minimum Gasteiger partial charge on any atom is -0.409 e. The third-order valence-corrected chi connectivity index (χ3v) is 3.57. The maximum Gasteiger partial charge on any atom is 0.288 e. The number of amides is 1. The molecule has 1 amide bonds. The molecule has 1 aromatic heterocycles. The molecular formula is C15H19ClN4O2S. The molecule has 0 fully saturated rings. The number of rotatable bonds is 7. The summed E-state index contributed by atoms with van der Waals surface area (Å²) in [7, 11) is 1.82. The van der Waals surface area contributed by atoms with Gasteiger partial charge in [0, 0.05) is 17.1 Å². The number of nitrogens with zero attached hydrogens (tertiary/aromatic N) is 3. The van der Waals surface area contributed by atoms with Crippen LogP contribution in [0.5, 0.6) is 0 Å². The van der Waals surface area contributed by atoms with Gasteiger partial charge in [0.05, 0.1) is 13.2 Å². The highest BCUT2D eigenvalue weighted by Crippen LogP contribution is 2.21. The molecule has 0 atom stereocenters. The van der Waals surface area contributed by atoms with Crippen LogP contribution >= 0.6 is 23.8 Å². The van der Waals surface area contributed by atoms with E-state index in [1.54, 1.807) is 16.8 Å². The predicted molar refractivity (Wildman–Crippen MR) is 91.7 cm³/mol. The quantitative estimate of drug-likeness (QED) is 0.774. The molecule has 0 saturated heterocycles. The Bertz CT molecular complexity index is 728. The summed E-state index contributed by atoms with van der Waals surface area (Å²) in [6, 6.07) is 7.20. The maximum atomic E-state index is 11.7. The monoisotopic (exact) mass is 354 g/mol. The zero-order chi connectivity index (χ0) is 16.8. The van der Waals surface area contributed by atoms with Gasteiger partial charge in [-0.25, -0.2) is 4.68 Å². The van der Waals surface area contributed by atoms with Gasteiger partial charge < -0.3 is 9.73 Å². The van der Waals surface area contributed by atoms with Crippen molar-refractivity contribution in [2.24, 2.45) is 0 Å². The molecule has 0 aliphatic rings. The van der Waals surface area contributed by atoms with Crippen molar-refractivity contribution in [1.82, 2.24) is 20.0 Å².